The average molecular weight is 266 g/mol. The third-order valence-corrected chi connectivity index (χ3v) is 3.65. The second kappa shape index (κ2) is 6.70. The molecule has 0 unspecified atom stereocenters. The van der Waals surface area contributed by atoms with Gasteiger partial charge in [0.25, 0.3) is 0 Å². The second-order valence-corrected chi connectivity index (χ2v) is 5.33. The molecule has 0 aromatic carbocycles. The fraction of sp³-hybridized carbons (Fsp3) is 0.583. The Morgan fingerprint density at radius 3 is 2.72 bits per heavy atom. The highest BCUT2D eigenvalue weighted by Crippen LogP contribution is 2.13. The highest BCUT2D eigenvalue weighted by atomic mass is 32.2. The molecule has 2 heterocycles. The van der Waals surface area contributed by atoms with Crippen molar-refractivity contribution in [3.8, 4) is 0 Å². The molecule has 0 spiro atoms. The zero-order valence-corrected chi connectivity index (χ0v) is 11.4. The lowest BCUT2D eigenvalue weighted by Gasteiger charge is -2.27. The maximum Gasteiger partial charge on any atom is 0.223 e. The van der Waals surface area contributed by atoms with Crippen LogP contribution in [-0.2, 0) is 4.79 Å². The van der Waals surface area contributed by atoms with E-state index in [1.807, 2.05) is 11.8 Å². The van der Waals surface area contributed by atoms with Crippen LogP contribution in [0.2, 0.25) is 0 Å². The van der Waals surface area contributed by atoms with Crippen molar-refractivity contribution in [3.05, 3.63) is 18.0 Å². The lowest BCUT2D eigenvalue weighted by atomic mass is 10.3. The molecule has 0 bridgehead atoms. The first-order valence-electron chi connectivity index (χ1n) is 6.15. The van der Waals surface area contributed by atoms with Gasteiger partial charge in [-0.2, -0.15) is 0 Å². The van der Waals surface area contributed by atoms with Crippen LogP contribution in [0.25, 0.3) is 0 Å². The van der Waals surface area contributed by atoms with Crippen molar-refractivity contribution in [2.75, 3.05) is 31.9 Å². The normalized spacial score (nSPS) is 15.7. The van der Waals surface area contributed by atoms with Crippen LogP contribution in [0.3, 0.4) is 0 Å². The molecule has 1 amide bonds. The first-order chi connectivity index (χ1) is 8.75. The zero-order valence-electron chi connectivity index (χ0n) is 10.6. The van der Waals surface area contributed by atoms with Crippen LogP contribution in [0.15, 0.2) is 17.6 Å². The maximum atomic E-state index is 11.9. The first-order valence-corrected chi connectivity index (χ1v) is 7.14. The Balaban J connectivity index is 1.71. The number of hydrogen-bond acceptors (Lipinski definition) is 5. The molecule has 0 aliphatic carbocycles. The van der Waals surface area contributed by atoms with Crippen molar-refractivity contribution >= 4 is 17.7 Å². The largest absolute Gasteiger partial charge is 0.340 e. The fourth-order valence-electron chi connectivity index (χ4n) is 1.76. The lowest BCUT2D eigenvalue weighted by molar-refractivity contribution is -0.131. The monoisotopic (exact) mass is 266 g/mol. The summed E-state index contributed by atoms with van der Waals surface area (Å²) >= 11 is 1.54. The summed E-state index contributed by atoms with van der Waals surface area (Å²) in [7, 11) is 0. The Morgan fingerprint density at radius 2 is 2.06 bits per heavy atom. The summed E-state index contributed by atoms with van der Waals surface area (Å²) in [5.41, 5.74) is 1.05. The number of nitrogens with zero attached hydrogens (tertiary/aromatic N) is 3. The van der Waals surface area contributed by atoms with Crippen LogP contribution in [0, 0.1) is 6.92 Å². The van der Waals surface area contributed by atoms with E-state index >= 15 is 0 Å². The number of rotatable bonds is 4. The van der Waals surface area contributed by atoms with Gasteiger partial charge in [-0.05, 0) is 12.5 Å². The molecule has 1 aliphatic heterocycles. The van der Waals surface area contributed by atoms with E-state index in [9.17, 15) is 4.79 Å². The average Bonchev–Trinajstić information content (AvgIpc) is 2.42. The number of piperazine rings is 1. The molecule has 1 aromatic heterocycles. The third-order valence-electron chi connectivity index (χ3n) is 2.77. The van der Waals surface area contributed by atoms with Gasteiger partial charge in [-0.3, -0.25) is 4.79 Å². The maximum absolute atomic E-state index is 11.9. The van der Waals surface area contributed by atoms with E-state index in [0.717, 1.165) is 42.7 Å². The topological polar surface area (TPSA) is 58.1 Å². The molecule has 2 rings (SSSR count). The highest BCUT2D eigenvalue weighted by molar-refractivity contribution is 7.99. The molecular formula is C12H18N4OS. The van der Waals surface area contributed by atoms with Gasteiger partial charge < -0.3 is 10.2 Å². The Hall–Kier alpha value is -1.14. The highest BCUT2D eigenvalue weighted by Gasteiger charge is 2.15. The first kappa shape index (κ1) is 13.3. The van der Waals surface area contributed by atoms with E-state index in [2.05, 4.69) is 15.3 Å². The van der Waals surface area contributed by atoms with Gasteiger partial charge in [0, 0.05) is 50.7 Å². The smallest absolute Gasteiger partial charge is 0.223 e. The van der Waals surface area contributed by atoms with E-state index in [0.29, 0.717) is 6.42 Å². The van der Waals surface area contributed by atoms with Gasteiger partial charge in [0.2, 0.25) is 5.91 Å². The van der Waals surface area contributed by atoms with Crippen LogP contribution in [-0.4, -0.2) is 52.7 Å². The van der Waals surface area contributed by atoms with E-state index in [1.54, 1.807) is 12.4 Å². The van der Waals surface area contributed by atoms with Crippen LogP contribution in [0.1, 0.15) is 12.0 Å². The van der Waals surface area contributed by atoms with Crippen molar-refractivity contribution < 1.29 is 4.79 Å². The predicted octanol–water partition coefficient (Wildman–Crippen LogP) is 0.699. The van der Waals surface area contributed by atoms with Gasteiger partial charge in [-0.15, -0.1) is 0 Å². The van der Waals surface area contributed by atoms with Gasteiger partial charge >= 0.3 is 0 Å². The number of nitrogens with one attached hydrogen (secondary N) is 1. The molecule has 1 N–H and O–H groups in total. The number of aromatic nitrogens is 2. The predicted molar refractivity (Wildman–Crippen MR) is 71.6 cm³/mol. The fourth-order valence-corrected chi connectivity index (χ4v) is 2.47. The Labute approximate surface area is 111 Å². The molecule has 5 nitrogen and oxygen atoms in total. The van der Waals surface area contributed by atoms with Crippen LogP contribution in [0.4, 0.5) is 0 Å². The molecule has 1 saturated heterocycles. The van der Waals surface area contributed by atoms with E-state index in [4.69, 9.17) is 0 Å². The zero-order chi connectivity index (χ0) is 12.8. The Bertz CT molecular complexity index is 390. The van der Waals surface area contributed by atoms with Gasteiger partial charge in [0.15, 0.2) is 5.16 Å². The summed E-state index contributed by atoms with van der Waals surface area (Å²) in [6, 6.07) is 0. The summed E-state index contributed by atoms with van der Waals surface area (Å²) in [4.78, 5) is 22.2. The van der Waals surface area contributed by atoms with Crippen LogP contribution < -0.4 is 5.32 Å². The summed E-state index contributed by atoms with van der Waals surface area (Å²) in [5, 5.41) is 3.98. The summed E-state index contributed by atoms with van der Waals surface area (Å²) in [6.45, 7) is 5.41. The number of amides is 1. The van der Waals surface area contributed by atoms with Crippen molar-refractivity contribution in [1.29, 1.82) is 0 Å². The van der Waals surface area contributed by atoms with Crippen molar-refractivity contribution in [3.63, 3.8) is 0 Å². The molecule has 0 radical (unpaired) electrons. The minimum absolute atomic E-state index is 0.233. The minimum Gasteiger partial charge on any atom is -0.340 e. The van der Waals surface area contributed by atoms with E-state index in [-0.39, 0.29) is 5.91 Å². The van der Waals surface area contributed by atoms with Crippen LogP contribution >= 0.6 is 11.8 Å². The quantitative estimate of drug-likeness (QED) is 0.642. The second-order valence-electron chi connectivity index (χ2n) is 4.27. The van der Waals surface area contributed by atoms with Gasteiger partial charge in [0.1, 0.15) is 0 Å². The van der Waals surface area contributed by atoms with Crippen molar-refractivity contribution in [1.82, 2.24) is 20.2 Å². The molecule has 98 valence electrons. The summed E-state index contributed by atoms with van der Waals surface area (Å²) in [6.07, 6.45) is 4.16. The molecule has 1 aromatic rings. The summed E-state index contributed by atoms with van der Waals surface area (Å²) < 4.78 is 0. The van der Waals surface area contributed by atoms with Gasteiger partial charge in [0.05, 0.1) is 0 Å². The van der Waals surface area contributed by atoms with Crippen molar-refractivity contribution in [2.45, 2.75) is 18.5 Å². The molecule has 0 saturated carbocycles. The Morgan fingerprint density at radius 1 is 1.39 bits per heavy atom. The number of thioether (sulfide) groups is 1. The minimum atomic E-state index is 0.233. The molecule has 0 atom stereocenters. The number of aryl methyl sites for hydroxylation is 1. The summed E-state index contributed by atoms with van der Waals surface area (Å²) in [5.74, 6) is 0.974. The molecule has 6 heteroatoms. The van der Waals surface area contributed by atoms with Gasteiger partial charge in [-0.25, -0.2) is 9.97 Å². The number of carbonyl (C=O) groups excluding carboxylic acids is 1. The van der Waals surface area contributed by atoms with E-state index < -0.39 is 0 Å². The standard InChI is InChI=1S/C12H18N4OS/c1-10-8-14-12(15-9-10)18-7-2-11(17)16-5-3-13-4-6-16/h8-9,13H,2-7H2,1H3. The Kier molecular flexibility index (Phi) is 4.95. The number of hydrogen-bond donors (Lipinski definition) is 1. The van der Waals surface area contributed by atoms with Crippen molar-refractivity contribution in [2.24, 2.45) is 0 Å². The number of carbonyl (C=O) groups is 1. The van der Waals surface area contributed by atoms with Crippen LogP contribution in [0.5, 0.6) is 0 Å². The molecular weight excluding hydrogens is 248 g/mol. The third kappa shape index (κ3) is 3.96. The molecule has 1 aliphatic rings. The lowest BCUT2D eigenvalue weighted by Crippen LogP contribution is -2.46. The molecule has 1 fully saturated rings. The SMILES string of the molecule is Cc1cnc(SCCC(=O)N2CCNCC2)nc1. The molecule has 18 heavy (non-hydrogen) atoms. The van der Waals surface area contributed by atoms with E-state index in [1.165, 1.54) is 11.8 Å². The van der Waals surface area contributed by atoms with Gasteiger partial charge in [-0.1, -0.05) is 11.8 Å².